The zero-order chi connectivity index (χ0) is 55.5. The Balaban J connectivity index is 0.977. The molecule has 7 N–H and O–H groups in total. The van der Waals surface area contributed by atoms with Crippen LogP contribution in [0.3, 0.4) is 0 Å². The van der Waals surface area contributed by atoms with E-state index in [9.17, 15) is 38.7 Å². The van der Waals surface area contributed by atoms with Crippen molar-refractivity contribution in [3.8, 4) is 17.1 Å². The van der Waals surface area contributed by atoms with Crippen molar-refractivity contribution in [2.24, 2.45) is 16.8 Å². The third kappa shape index (κ3) is 15.7. The topological polar surface area (TPSA) is 345 Å². The van der Waals surface area contributed by atoms with Gasteiger partial charge < -0.3 is 69.8 Å². The number of hydrogen-bond acceptors (Lipinski definition) is 17. The Kier molecular flexibility index (Phi) is 21.7. The number of cyclic esters (lactones) is 1. The molecule has 4 aromatic rings. The fourth-order valence-corrected chi connectivity index (χ4v) is 8.70. The number of esters is 1. The number of azide groups is 1. The van der Waals surface area contributed by atoms with Gasteiger partial charge in [0.2, 0.25) is 17.7 Å². The fourth-order valence-electron chi connectivity index (χ4n) is 8.70. The molecule has 0 fully saturated rings. The highest BCUT2D eigenvalue weighted by atomic mass is 16.7. The van der Waals surface area contributed by atoms with E-state index in [2.05, 4.69) is 31.3 Å². The van der Waals surface area contributed by atoms with Crippen molar-refractivity contribution in [1.29, 1.82) is 0 Å². The normalized spacial score (nSPS) is 15.0. The van der Waals surface area contributed by atoms with Crippen molar-refractivity contribution >= 4 is 52.5 Å². The maximum absolute atomic E-state index is 13.7. The molecule has 0 radical (unpaired) electrons. The minimum Gasteiger partial charge on any atom is -0.458 e. The Labute approximate surface area is 443 Å². The van der Waals surface area contributed by atoms with Crippen LogP contribution in [0.5, 0.6) is 5.75 Å². The molecule has 2 aromatic carbocycles. The summed E-state index contributed by atoms with van der Waals surface area (Å²) in [7, 11) is 0. The van der Waals surface area contributed by atoms with Crippen LogP contribution in [0, 0.1) is 5.92 Å². The number of nitrogens with zero attached hydrogens (tertiary/aromatic N) is 5. The number of benzene rings is 2. The van der Waals surface area contributed by atoms with Gasteiger partial charge in [0.05, 0.1) is 81.9 Å². The molecule has 6 rings (SSSR count). The molecule has 2 aliphatic heterocycles. The van der Waals surface area contributed by atoms with Crippen LogP contribution in [-0.2, 0) is 79.4 Å². The maximum Gasteiger partial charge on any atom is 0.514 e. The smallest absolute Gasteiger partial charge is 0.458 e. The second-order valence-electron chi connectivity index (χ2n) is 18.3. The lowest BCUT2D eigenvalue weighted by molar-refractivity contribution is -0.172. The van der Waals surface area contributed by atoms with Gasteiger partial charge in [-0.1, -0.05) is 44.9 Å². The van der Waals surface area contributed by atoms with E-state index in [0.29, 0.717) is 73.0 Å². The van der Waals surface area contributed by atoms with Crippen LogP contribution in [0.25, 0.3) is 32.7 Å². The molecule has 4 heterocycles. The Morgan fingerprint density at radius 2 is 1.60 bits per heavy atom. The third-order valence-corrected chi connectivity index (χ3v) is 12.8. The highest BCUT2D eigenvalue weighted by Crippen LogP contribution is 2.41. The molecule has 5 amide bonds. The first-order valence-corrected chi connectivity index (χ1v) is 25.4. The number of aliphatic hydroxyl groups is 1. The number of hydrogen-bond donors (Lipinski definition) is 6. The summed E-state index contributed by atoms with van der Waals surface area (Å²) in [5.74, 6) is -2.55. The molecule has 25 nitrogen and oxygen atoms in total. The van der Waals surface area contributed by atoms with Gasteiger partial charge in [0.25, 0.3) is 5.56 Å². The summed E-state index contributed by atoms with van der Waals surface area (Å²) in [6.45, 7) is 9.61. The highest BCUT2D eigenvalue weighted by Gasteiger charge is 2.45. The number of rotatable bonds is 30. The van der Waals surface area contributed by atoms with Crippen molar-refractivity contribution in [2.75, 3.05) is 71.3 Å². The Morgan fingerprint density at radius 3 is 2.25 bits per heavy atom. The Hall–Kier alpha value is -7.67. The number of aromatic nitrogens is 2. The molecular weight excluding hydrogens is 1000 g/mol. The summed E-state index contributed by atoms with van der Waals surface area (Å²) >= 11 is 0. The minimum absolute atomic E-state index is 0.0235. The summed E-state index contributed by atoms with van der Waals surface area (Å²) in [4.78, 5) is 98.3. The van der Waals surface area contributed by atoms with Crippen molar-refractivity contribution < 1.29 is 67.0 Å². The molecule has 77 heavy (non-hydrogen) atoms. The largest absolute Gasteiger partial charge is 0.514 e. The Morgan fingerprint density at radius 1 is 0.909 bits per heavy atom. The first-order chi connectivity index (χ1) is 37.1. The number of nitrogens with one attached hydrogen (secondary N) is 4. The van der Waals surface area contributed by atoms with E-state index in [-0.39, 0.29) is 107 Å². The zero-order valence-electron chi connectivity index (χ0n) is 43.6. The highest BCUT2D eigenvalue weighted by molar-refractivity contribution is 5.98. The van der Waals surface area contributed by atoms with E-state index < -0.39 is 53.6 Å². The van der Waals surface area contributed by atoms with Gasteiger partial charge in [0.15, 0.2) is 5.60 Å². The van der Waals surface area contributed by atoms with Crippen LogP contribution in [0.15, 0.2) is 58.4 Å². The number of anilines is 1. The minimum atomic E-state index is -1.95. The average molecular weight is 1070 g/mol. The molecule has 0 bridgehead atoms. The SMILES string of the molecule is CCc1c2c(nc3ccc(OC(=O)OCc4ccc(NC(=O)[C@H](CCCNC(N)=O)NC(=O)C(NC(=O)CCOCCOCCOCCOCCN=[N+]=[N-])C(C)C)cc4)cc13)-c1cc3c(c(=O)n1C2)COC(=O)[C@]3(O)CC. The van der Waals surface area contributed by atoms with E-state index in [0.717, 1.165) is 11.1 Å². The van der Waals surface area contributed by atoms with Gasteiger partial charge in [-0.15, -0.1) is 0 Å². The van der Waals surface area contributed by atoms with Crippen LogP contribution >= 0.6 is 0 Å². The van der Waals surface area contributed by atoms with E-state index in [4.69, 9.17) is 49.4 Å². The van der Waals surface area contributed by atoms with Gasteiger partial charge in [-0.25, -0.2) is 19.4 Å². The molecule has 0 spiro atoms. The standard InChI is InChI=1S/C52H66N10O15/c1-5-35-36-26-34(13-14-40(36)58-45-37(35)28-62-42(45)27-39-38(48(62)66)30-75-49(67)52(39,70)6-2)77-51(69)76-29-32-9-11-33(12-10-32)57-46(64)41(8-7-16-55-50(53)68)59-47(65)44(31(3)4)60-43(63)15-18-71-20-22-73-24-25-74-23-21-72-19-17-56-61-54/h9-14,26-27,31,41,44,70H,5-8,15-25,28-30H2,1-4H3,(H,57,64)(H,59,65)(H,60,63)(H3,53,55,68)/t41-,44?,52-/m0/s1. The van der Waals surface area contributed by atoms with Gasteiger partial charge in [-0.05, 0) is 84.7 Å². The fraction of sp³-hybridized carbons (Fsp3) is 0.500. The van der Waals surface area contributed by atoms with Gasteiger partial charge >= 0.3 is 18.2 Å². The first kappa shape index (κ1) is 58.6. The quantitative estimate of drug-likeness (QED) is 0.00940. The number of carbonyl (C=O) groups excluding carboxylic acids is 6. The summed E-state index contributed by atoms with van der Waals surface area (Å²) in [6.07, 6.45) is -0.0486. The van der Waals surface area contributed by atoms with Gasteiger partial charge in [-0.3, -0.25) is 19.2 Å². The van der Waals surface area contributed by atoms with Crippen molar-refractivity contribution in [3.63, 3.8) is 0 Å². The second-order valence-corrected chi connectivity index (χ2v) is 18.3. The lowest BCUT2D eigenvalue weighted by Crippen LogP contribution is -2.54. The lowest BCUT2D eigenvalue weighted by atomic mass is 9.86. The molecule has 1 unspecified atom stereocenters. The summed E-state index contributed by atoms with van der Waals surface area (Å²) in [6, 6.07) is 10.2. The summed E-state index contributed by atoms with van der Waals surface area (Å²) < 4.78 is 39.4. The van der Waals surface area contributed by atoms with Gasteiger partial charge in [0, 0.05) is 46.6 Å². The van der Waals surface area contributed by atoms with Crippen LogP contribution < -0.4 is 37.3 Å². The van der Waals surface area contributed by atoms with Crippen molar-refractivity contribution in [3.05, 3.63) is 97.1 Å². The molecule has 25 heteroatoms. The molecule has 2 aliphatic rings. The number of pyridine rings is 2. The van der Waals surface area contributed by atoms with Gasteiger partial charge in [0.1, 0.15) is 31.0 Å². The number of urea groups is 1. The number of aryl methyl sites for hydroxylation is 1. The van der Waals surface area contributed by atoms with E-state index >= 15 is 0 Å². The molecule has 0 aliphatic carbocycles. The van der Waals surface area contributed by atoms with Crippen LogP contribution in [0.1, 0.15) is 81.2 Å². The second kappa shape index (κ2) is 28.5. The van der Waals surface area contributed by atoms with E-state index in [1.54, 1.807) is 73.9 Å². The number of ether oxygens (including phenoxy) is 7. The van der Waals surface area contributed by atoms with E-state index in [1.807, 2.05) is 6.92 Å². The molecule has 414 valence electrons. The summed E-state index contributed by atoms with van der Waals surface area (Å²) in [5, 5.41) is 26.0. The molecule has 0 saturated heterocycles. The van der Waals surface area contributed by atoms with Crippen LogP contribution in [-0.4, -0.2) is 129 Å². The van der Waals surface area contributed by atoms with Crippen molar-refractivity contribution in [1.82, 2.24) is 25.5 Å². The first-order valence-electron chi connectivity index (χ1n) is 25.4. The lowest BCUT2D eigenvalue weighted by Gasteiger charge is -2.31. The molecular formula is C52H66N10O15. The third-order valence-electron chi connectivity index (χ3n) is 12.8. The monoisotopic (exact) mass is 1070 g/mol. The van der Waals surface area contributed by atoms with Crippen LogP contribution in [0.4, 0.5) is 15.3 Å². The number of fused-ring (bicyclic) bond motifs is 5. The molecule has 0 saturated carbocycles. The average Bonchev–Trinajstić information content (AvgIpc) is 3.88. The predicted molar refractivity (Wildman–Crippen MR) is 277 cm³/mol. The maximum atomic E-state index is 13.7. The number of nitrogens with two attached hydrogens (primary N) is 1. The predicted octanol–water partition coefficient (Wildman–Crippen LogP) is 4.14. The number of carbonyl (C=O) groups is 6. The van der Waals surface area contributed by atoms with Crippen molar-refractivity contribution in [2.45, 2.75) is 97.2 Å². The number of amides is 5. The Bertz CT molecular complexity index is 2870. The van der Waals surface area contributed by atoms with Gasteiger partial charge in [-0.2, -0.15) is 0 Å². The molecule has 3 atom stereocenters. The van der Waals surface area contributed by atoms with Crippen LogP contribution in [0.2, 0.25) is 0 Å². The zero-order valence-corrected chi connectivity index (χ0v) is 43.6. The summed E-state index contributed by atoms with van der Waals surface area (Å²) in [5.41, 5.74) is 15.8. The number of primary amides is 1. The van der Waals surface area contributed by atoms with E-state index in [1.165, 1.54) is 0 Å². The molecule has 2 aromatic heterocycles.